The maximum Gasteiger partial charge on any atom is 0.378 e. The lowest BCUT2D eigenvalue weighted by molar-refractivity contribution is -0.470. The second-order valence-electron chi connectivity index (χ2n) is 5.35. The van der Waals surface area contributed by atoms with Crippen molar-refractivity contribution in [3.63, 3.8) is 0 Å². The fourth-order valence-corrected chi connectivity index (χ4v) is 2.56. The van der Waals surface area contributed by atoms with E-state index in [0.29, 0.717) is 17.8 Å². The summed E-state index contributed by atoms with van der Waals surface area (Å²) < 4.78 is 5.27. The van der Waals surface area contributed by atoms with E-state index in [2.05, 4.69) is 20.8 Å². The number of ether oxygens (including phenoxy) is 1. The second-order valence-corrected chi connectivity index (χ2v) is 5.35. The van der Waals surface area contributed by atoms with Crippen molar-refractivity contribution < 1.29 is 14.5 Å². The summed E-state index contributed by atoms with van der Waals surface area (Å²) in [5.74, 6) is 0.593. The Balaban J connectivity index is 2.57. The average Bonchev–Trinajstić information content (AvgIpc) is 2.15. The van der Waals surface area contributed by atoms with E-state index in [1.54, 1.807) is 0 Å². The molecule has 0 saturated heterocycles. The van der Waals surface area contributed by atoms with E-state index < -0.39 is 17.4 Å². The van der Waals surface area contributed by atoms with Crippen molar-refractivity contribution in [2.75, 3.05) is 6.54 Å². The molecule has 0 N–H and O–H groups in total. The van der Waals surface area contributed by atoms with Gasteiger partial charge in [-0.05, 0) is 30.6 Å². The second kappa shape index (κ2) is 5.98. The fourth-order valence-electron chi connectivity index (χ4n) is 2.56. The van der Waals surface area contributed by atoms with E-state index in [1.807, 2.05) is 0 Å². The van der Waals surface area contributed by atoms with Gasteiger partial charge in [-0.2, -0.15) is 0 Å². The fraction of sp³-hybridized carbons (Fsp3) is 0.917. The Labute approximate surface area is 102 Å². The summed E-state index contributed by atoms with van der Waals surface area (Å²) in [6.45, 7) is 5.62. The predicted octanol–water partition coefficient (Wildman–Crippen LogP) is 2.27. The van der Waals surface area contributed by atoms with Gasteiger partial charge in [-0.3, -0.25) is 10.1 Å². The van der Waals surface area contributed by atoms with E-state index in [1.165, 1.54) is 0 Å². The molecule has 1 aliphatic rings. The van der Waals surface area contributed by atoms with E-state index in [4.69, 9.17) is 4.74 Å². The minimum absolute atomic E-state index is 0.147. The highest BCUT2D eigenvalue weighted by Gasteiger charge is 2.34. The third-order valence-electron chi connectivity index (χ3n) is 3.50. The van der Waals surface area contributed by atoms with Crippen molar-refractivity contribution in [2.24, 2.45) is 17.8 Å². The molecule has 1 rings (SSSR count). The standard InChI is InChI=1S/C12H21NO4/c1-8(2)10-5-4-9(3)6-11(10)17-12(14)7-13(15)16/h8-11H,4-7H2,1-3H3/t9-,10+,11-/m1/s1. The van der Waals surface area contributed by atoms with Crippen LogP contribution in [0.4, 0.5) is 0 Å². The quantitative estimate of drug-likeness (QED) is 0.431. The third-order valence-corrected chi connectivity index (χ3v) is 3.50. The number of carbonyl (C=O) groups excluding carboxylic acids is 1. The first kappa shape index (κ1) is 13.9. The first-order valence-electron chi connectivity index (χ1n) is 6.21. The predicted molar refractivity (Wildman–Crippen MR) is 63.1 cm³/mol. The molecule has 0 unspecified atom stereocenters. The van der Waals surface area contributed by atoms with E-state index in [0.717, 1.165) is 19.3 Å². The Bertz CT molecular complexity index is 290. The number of nitro groups is 1. The summed E-state index contributed by atoms with van der Waals surface area (Å²) in [6, 6.07) is 0. The van der Waals surface area contributed by atoms with Crippen LogP contribution in [0, 0.1) is 27.9 Å². The van der Waals surface area contributed by atoms with Gasteiger partial charge in [-0.15, -0.1) is 0 Å². The molecule has 0 aromatic carbocycles. The number of carbonyl (C=O) groups is 1. The Hall–Kier alpha value is -1.13. The van der Waals surface area contributed by atoms with Gasteiger partial charge in [0.2, 0.25) is 0 Å². The van der Waals surface area contributed by atoms with Crippen molar-refractivity contribution >= 4 is 5.97 Å². The van der Waals surface area contributed by atoms with Crippen LogP contribution in [-0.2, 0) is 9.53 Å². The molecule has 0 bridgehead atoms. The summed E-state index contributed by atoms with van der Waals surface area (Å²) >= 11 is 0. The minimum atomic E-state index is -0.726. The van der Waals surface area contributed by atoms with Crippen LogP contribution in [0.25, 0.3) is 0 Å². The van der Waals surface area contributed by atoms with Crippen LogP contribution >= 0.6 is 0 Å². The largest absolute Gasteiger partial charge is 0.457 e. The highest BCUT2D eigenvalue weighted by molar-refractivity contribution is 5.70. The van der Waals surface area contributed by atoms with E-state index in [9.17, 15) is 14.9 Å². The summed E-state index contributed by atoms with van der Waals surface area (Å²) in [5.41, 5.74) is 0. The average molecular weight is 243 g/mol. The number of rotatable bonds is 4. The van der Waals surface area contributed by atoms with E-state index in [-0.39, 0.29) is 6.10 Å². The van der Waals surface area contributed by atoms with Crippen LogP contribution in [-0.4, -0.2) is 23.5 Å². The number of nitrogens with zero attached hydrogens (tertiary/aromatic N) is 1. The van der Waals surface area contributed by atoms with Gasteiger partial charge < -0.3 is 4.74 Å². The van der Waals surface area contributed by atoms with Crippen molar-refractivity contribution in [1.82, 2.24) is 0 Å². The van der Waals surface area contributed by atoms with Crippen molar-refractivity contribution in [1.29, 1.82) is 0 Å². The van der Waals surface area contributed by atoms with Crippen molar-refractivity contribution in [2.45, 2.75) is 46.1 Å². The molecule has 1 aliphatic carbocycles. The van der Waals surface area contributed by atoms with Crippen molar-refractivity contribution in [3.05, 3.63) is 10.1 Å². The first-order valence-corrected chi connectivity index (χ1v) is 6.21. The number of esters is 1. The molecule has 0 spiro atoms. The zero-order chi connectivity index (χ0) is 13.0. The Kier molecular flexibility index (Phi) is 4.90. The SMILES string of the molecule is CC(C)[C@@H]1CC[C@@H](C)C[C@H]1OC(=O)C[N+](=O)[O-]. The maximum atomic E-state index is 11.3. The molecule has 0 radical (unpaired) electrons. The van der Waals surface area contributed by atoms with E-state index >= 15 is 0 Å². The van der Waals surface area contributed by atoms with Gasteiger partial charge in [-0.1, -0.05) is 27.2 Å². The zero-order valence-corrected chi connectivity index (χ0v) is 10.7. The molecule has 1 fully saturated rings. The maximum absolute atomic E-state index is 11.3. The lowest BCUT2D eigenvalue weighted by Gasteiger charge is -2.36. The smallest absolute Gasteiger partial charge is 0.378 e. The molecular weight excluding hydrogens is 222 g/mol. The van der Waals surface area contributed by atoms with Gasteiger partial charge in [0.15, 0.2) is 0 Å². The highest BCUT2D eigenvalue weighted by atomic mass is 16.6. The minimum Gasteiger partial charge on any atom is -0.457 e. The van der Waals surface area contributed by atoms with Crippen molar-refractivity contribution in [3.8, 4) is 0 Å². The molecule has 0 amide bonds. The molecule has 1 saturated carbocycles. The van der Waals surface area contributed by atoms with Gasteiger partial charge in [0, 0.05) is 4.92 Å². The van der Waals surface area contributed by atoms with Crippen LogP contribution in [0.1, 0.15) is 40.0 Å². The Morgan fingerprint density at radius 2 is 2.12 bits per heavy atom. The summed E-state index contributed by atoms with van der Waals surface area (Å²) in [7, 11) is 0. The lowest BCUT2D eigenvalue weighted by atomic mass is 9.75. The van der Waals surface area contributed by atoms with Crippen LogP contribution in [0.3, 0.4) is 0 Å². The molecule has 17 heavy (non-hydrogen) atoms. The van der Waals surface area contributed by atoms with Gasteiger partial charge >= 0.3 is 5.97 Å². The molecule has 98 valence electrons. The van der Waals surface area contributed by atoms with Gasteiger partial charge in [0.25, 0.3) is 6.54 Å². The monoisotopic (exact) mass is 243 g/mol. The molecule has 5 nitrogen and oxygen atoms in total. The highest BCUT2D eigenvalue weighted by Crippen LogP contribution is 2.35. The topological polar surface area (TPSA) is 69.4 Å². The van der Waals surface area contributed by atoms with Gasteiger partial charge in [-0.25, -0.2) is 4.79 Å². The van der Waals surface area contributed by atoms with Gasteiger partial charge in [0.1, 0.15) is 6.10 Å². The zero-order valence-electron chi connectivity index (χ0n) is 10.7. The molecule has 5 heteroatoms. The lowest BCUT2D eigenvalue weighted by Crippen LogP contribution is -2.37. The summed E-state index contributed by atoms with van der Waals surface area (Å²) in [6.07, 6.45) is 2.86. The first-order chi connectivity index (χ1) is 7.90. The third kappa shape index (κ3) is 4.32. The number of hydrogen-bond acceptors (Lipinski definition) is 4. The summed E-state index contributed by atoms with van der Waals surface area (Å²) in [5, 5.41) is 10.2. The number of hydrogen-bond donors (Lipinski definition) is 0. The molecule has 3 atom stereocenters. The van der Waals surface area contributed by atoms with Gasteiger partial charge in [0.05, 0.1) is 0 Å². The van der Waals surface area contributed by atoms with Crippen LogP contribution in [0.2, 0.25) is 0 Å². The molecule has 0 heterocycles. The van der Waals surface area contributed by atoms with Crippen LogP contribution < -0.4 is 0 Å². The molecular formula is C12H21NO4. The summed E-state index contributed by atoms with van der Waals surface area (Å²) in [4.78, 5) is 20.9. The normalized spacial score (nSPS) is 29.1. The molecule has 0 aromatic rings. The molecule has 0 aromatic heterocycles. The van der Waals surface area contributed by atoms with Crippen LogP contribution in [0.15, 0.2) is 0 Å². The van der Waals surface area contributed by atoms with Crippen LogP contribution in [0.5, 0.6) is 0 Å². The Morgan fingerprint density at radius 3 is 2.65 bits per heavy atom. The Morgan fingerprint density at radius 1 is 1.47 bits per heavy atom. The molecule has 0 aliphatic heterocycles.